The molecule has 1 fully saturated rings. The summed E-state index contributed by atoms with van der Waals surface area (Å²) in [6, 6.07) is 4.72. The molecule has 29 heavy (non-hydrogen) atoms. The van der Waals surface area contributed by atoms with Crippen molar-refractivity contribution in [2.75, 3.05) is 29.4 Å². The molecule has 1 saturated heterocycles. The van der Waals surface area contributed by atoms with Crippen LogP contribution in [0.1, 0.15) is 42.6 Å². The summed E-state index contributed by atoms with van der Waals surface area (Å²) >= 11 is 0. The van der Waals surface area contributed by atoms with Crippen LogP contribution in [-0.2, 0) is 23.2 Å². The Labute approximate surface area is 169 Å². The lowest BCUT2D eigenvalue weighted by atomic mass is 10.0. The van der Waals surface area contributed by atoms with Crippen molar-refractivity contribution >= 4 is 27.6 Å². The summed E-state index contributed by atoms with van der Waals surface area (Å²) < 4.78 is 36.9. The lowest BCUT2D eigenvalue weighted by Gasteiger charge is -2.32. The van der Waals surface area contributed by atoms with Gasteiger partial charge in [-0.25, -0.2) is 9.97 Å². The molecule has 9 heteroatoms. The van der Waals surface area contributed by atoms with Gasteiger partial charge in [0.05, 0.1) is 18.4 Å². The topological polar surface area (TPSA) is 78.8 Å². The van der Waals surface area contributed by atoms with E-state index in [0.717, 1.165) is 30.3 Å². The van der Waals surface area contributed by atoms with Gasteiger partial charge >= 0.3 is 10.2 Å². The van der Waals surface area contributed by atoms with Crippen molar-refractivity contribution in [2.24, 2.45) is 4.99 Å². The third kappa shape index (κ3) is 3.27. The van der Waals surface area contributed by atoms with Gasteiger partial charge in [-0.15, -0.1) is 3.89 Å². The Hall–Kier alpha value is -2.55. The average Bonchev–Trinajstić information content (AvgIpc) is 3.16. The fourth-order valence-corrected chi connectivity index (χ4v) is 5.21. The molecule has 0 saturated carbocycles. The van der Waals surface area contributed by atoms with Gasteiger partial charge in [-0.3, -0.25) is 4.99 Å². The highest BCUT2D eigenvalue weighted by Gasteiger charge is 2.31. The normalized spacial score (nSPS) is 19.0. The molecule has 0 atom stereocenters. The van der Waals surface area contributed by atoms with Crippen molar-refractivity contribution in [3.8, 4) is 0 Å². The summed E-state index contributed by atoms with van der Waals surface area (Å²) in [7, 11) is -4.77. The zero-order valence-corrected chi connectivity index (χ0v) is 16.8. The Morgan fingerprint density at radius 2 is 1.86 bits per heavy atom. The molecule has 1 aromatic carbocycles. The Kier molecular flexibility index (Phi) is 4.49. The van der Waals surface area contributed by atoms with Crippen molar-refractivity contribution in [1.82, 2.24) is 9.97 Å². The Bertz CT molecular complexity index is 1100. The van der Waals surface area contributed by atoms with Gasteiger partial charge in [0.1, 0.15) is 16.4 Å². The van der Waals surface area contributed by atoms with Gasteiger partial charge in [0.2, 0.25) is 0 Å². The number of piperidine rings is 1. The molecule has 4 heterocycles. The van der Waals surface area contributed by atoms with E-state index < -0.39 is 10.2 Å². The molecule has 3 aliphatic heterocycles. The largest absolute Gasteiger partial charge is 0.355 e. The van der Waals surface area contributed by atoms with E-state index in [1.807, 2.05) is 11.0 Å². The van der Waals surface area contributed by atoms with Crippen LogP contribution in [-0.4, -0.2) is 43.9 Å². The van der Waals surface area contributed by atoms with E-state index in [1.54, 1.807) is 12.3 Å². The number of hydrogen-bond donors (Lipinski definition) is 0. The van der Waals surface area contributed by atoms with Crippen LogP contribution in [0.5, 0.6) is 0 Å². The number of fused-ring (bicyclic) bond motifs is 2. The molecule has 0 unspecified atom stereocenters. The lowest BCUT2D eigenvalue weighted by molar-refractivity contribution is 0.550. The first-order chi connectivity index (χ1) is 14.0. The first-order valence-electron chi connectivity index (χ1n) is 10.0. The first kappa shape index (κ1) is 18.5. The van der Waals surface area contributed by atoms with Crippen molar-refractivity contribution in [3.05, 3.63) is 41.3 Å². The van der Waals surface area contributed by atoms with Crippen molar-refractivity contribution in [1.29, 1.82) is 0 Å². The maximum atomic E-state index is 13.8. The third-order valence-electron chi connectivity index (χ3n) is 5.83. The molecule has 5 rings (SSSR count). The smallest absolute Gasteiger partial charge is 0.332 e. The number of halogens is 1. The minimum Gasteiger partial charge on any atom is -0.355 e. The Balaban J connectivity index is 1.49. The van der Waals surface area contributed by atoms with Crippen molar-refractivity contribution < 1.29 is 12.3 Å². The van der Waals surface area contributed by atoms with Crippen molar-refractivity contribution in [3.63, 3.8) is 0 Å². The molecule has 0 bridgehead atoms. The molecule has 1 aromatic heterocycles. The number of nitrogens with zero attached hydrogens (tertiary/aromatic N) is 5. The monoisotopic (exact) mass is 415 g/mol. The number of amidine groups is 1. The van der Waals surface area contributed by atoms with Crippen LogP contribution >= 0.6 is 0 Å². The fraction of sp³-hybridized carbons (Fsp3) is 0.450. The second-order valence-corrected chi connectivity index (χ2v) is 8.97. The van der Waals surface area contributed by atoms with Gasteiger partial charge in [0, 0.05) is 25.3 Å². The Morgan fingerprint density at radius 1 is 1.03 bits per heavy atom. The molecule has 0 amide bonds. The molecular formula is C20H22FN5O2S. The van der Waals surface area contributed by atoms with E-state index in [2.05, 4.69) is 14.9 Å². The van der Waals surface area contributed by atoms with Gasteiger partial charge in [-0.05, 0) is 49.8 Å². The van der Waals surface area contributed by atoms with Crippen LogP contribution < -0.4 is 9.80 Å². The maximum absolute atomic E-state index is 13.8. The highest BCUT2D eigenvalue weighted by atomic mass is 32.3. The molecule has 0 aliphatic carbocycles. The van der Waals surface area contributed by atoms with Gasteiger partial charge in [-0.1, -0.05) is 6.07 Å². The molecule has 2 aromatic rings. The summed E-state index contributed by atoms with van der Waals surface area (Å²) in [5.74, 6) is 1.58. The number of benzene rings is 1. The first-order valence-corrected chi connectivity index (χ1v) is 11.4. The summed E-state index contributed by atoms with van der Waals surface area (Å²) in [6.45, 7) is 3.13. The van der Waals surface area contributed by atoms with Gasteiger partial charge in [0.15, 0.2) is 5.84 Å². The molecule has 0 radical (unpaired) electrons. The van der Waals surface area contributed by atoms with E-state index in [-0.39, 0.29) is 4.90 Å². The van der Waals surface area contributed by atoms with Crippen LogP contribution in [0.2, 0.25) is 0 Å². The van der Waals surface area contributed by atoms with Crippen LogP contribution in [0.25, 0.3) is 0 Å². The van der Waals surface area contributed by atoms with E-state index in [1.165, 1.54) is 25.3 Å². The molecule has 3 aliphatic rings. The Morgan fingerprint density at radius 3 is 2.66 bits per heavy atom. The minimum absolute atomic E-state index is 0.245. The summed E-state index contributed by atoms with van der Waals surface area (Å²) in [4.78, 5) is 18.1. The number of anilines is 2. The summed E-state index contributed by atoms with van der Waals surface area (Å²) in [5, 5.41) is 0. The SMILES string of the molecule is O=S(=O)(F)c1cccc2c1CCCN2C1=NCc2nc(N3CCCCC3)cnc21. The van der Waals surface area contributed by atoms with E-state index >= 15 is 0 Å². The molecule has 0 N–H and O–H groups in total. The average molecular weight is 415 g/mol. The summed E-state index contributed by atoms with van der Waals surface area (Å²) in [6.07, 6.45) is 6.64. The van der Waals surface area contributed by atoms with E-state index in [0.29, 0.717) is 43.0 Å². The van der Waals surface area contributed by atoms with Crippen LogP contribution in [0.4, 0.5) is 15.4 Å². The molecule has 7 nitrogen and oxygen atoms in total. The predicted molar refractivity (Wildman–Crippen MR) is 109 cm³/mol. The fourth-order valence-electron chi connectivity index (χ4n) is 4.47. The second kappa shape index (κ2) is 7.05. The van der Waals surface area contributed by atoms with E-state index in [4.69, 9.17) is 4.98 Å². The van der Waals surface area contributed by atoms with E-state index in [9.17, 15) is 12.3 Å². The van der Waals surface area contributed by atoms with Crippen molar-refractivity contribution in [2.45, 2.75) is 43.5 Å². The quantitative estimate of drug-likeness (QED) is 0.702. The van der Waals surface area contributed by atoms with Gasteiger partial charge in [0.25, 0.3) is 0 Å². The number of aliphatic imine (C=N–C) groups is 1. The number of aromatic nitrogens is 2. The maximum Gasteiger partial charge on any atom is 0.332 e. The zero-order chi connectivity index (χ0) is 20.0. The third-order valence-corrected chi connectivity index (χ3v) is 6.74. The van der Waals surface area contributed by atoms with Crippen LogP contribution in [0.15, 0.2) is 34.3 Å². The second-order valence-electron chi connectivity index (χ2n) is 7.66. The molecule has 152 valence electrons. The van der Waals surface area contributed by atoms with Crippen LogP contribution in [0, 0.1) is 0 Å². The lowest BCUT2D eigenvalue weighted by Crippen LogP contribution is -2.36. The standard InChI is InChI=1S/C20H22FN5O2S/c21-29(27,28)17-8-4-7-16-14(17)6-5-11-26(16)20-19-15(12-23-20)24-18(13-22-19)25-9-2-1-3-10-25/h4,7-8,13H,1-3,5-6,9-12H2. The highest BCUT2D eigenvalue weighted by Crippen LogP contribution is 2.35. The number of rotatable bonds is 2. The predicted octanol–water partition coefficient (Wildman–Crippen LogP) is 2.84. The van der Waals surface area contributed by atoms with Crippen LogP contribution in [0.3, 0.4) is 0 Å². The number of hydrogen-bond acceptors (Lipinski definition) is 7. The molecular weight excluding hydrogens is 393 g/mol. The molecule has 0 spiro atoms. The zero-order valence-electron chi connectivity index (χ0n) is 16.0. The van der Waals surface area contributed by atoms with Gasteiger partial charge < -0.3 is 9.80 Å². The van der Waals surface area contributed by atoms with Gasteiger partial charge in [-0.2, -0.15) is 8.42 Å². The highest BCUT2D eigenvalue weighted by molar-refractivity contribution is 7.86. The minimum atomic E-state index is -4.77. The summed E-state index contributed by atoms with van der Waals surface area (Å²) in [5.41, 5.74) is 2.76.